The van der Waals surface area contributed by atoms with Gasteiger partial charge >= 0.3 is 5.97 Å². The maximum atomic E-state index is 12.1. The van der Waals surface area contributed by atoms with Crippen molar-refractivity contribution in [1.29, 1.82) is 0 Å². The lowest BCUT2D eigenvalue weighted by Crippen LogP contribution is -2.21. The molecule has 0 aromatic rings. The van der Waals surface area contributed by atoms with Crippen LogP contribution in [-0.2, 0) is 14.4 Å². The van der Waals surface area contributed by atoms with Crippen molar-refractivity contribution in [2.75, 3.05) is 0 Å². The van der Waals surface area contributed by atoms with E-state index >= 15 is 0 Å². The zero-order valence-electron chi connectivity index (χ0n) is 15.3. The van der Waals surface area contributed by atoms with Crippen molar-refractivity contribution in [3.63, 3.8) is 0 Å². The summed E-state index contributed by atoms with van der Waals surface area (Å²) < 4.78 is 0. The van der Waals surface area contributed by atoms with Crippen LogP contribution in [-0.4, -0.2) is 33.9 Å². The predicted molar refractivity (Wildman–Crippen MR) is 96.2 cm³/mol. The highest BCUT2D eigenvalue weighted by Crippen LogP contribution is 2.35. The third-order valence-corrected chi connectivity index (χ3v) is 4.97. The Morgan fingerprint density at radius 1 is 1.12 bits per heavy atom. The number of allylic oxidation sites excluding steroid dienone is 2. The van der Waals surface area contributed by atoms with Crippen molar-refractivity contribution in [1.82, 2.24) is 0 Å². The highest BCUT2D eigenvalue weighted by molar-refractivity contribution is 5.84. The maximum absolute atomic E-state index is 12.1. The fraction of sp³-hybridized carbons (Fsp3) is 0.750. The van der Waals surface area contributed by atoms with E-state index in [-0.39, 0.29) is 36.2 Å². The Kier molecular flexibility index (Phi) is 10.3. The smallest absolute Gasteiger partial charge is 0.303 e. The highest BCUT2D eigenvalue weighted by atomic mass is 16.4. The van der Waals surface area contributed by atoms with Crippen LogP contribution in [0.1, 0.15) is 77.6 Å². The summed E-state index contributed by atoms with van der Waals surface area (Å²) in [5, 5.41) is 18.7. The molecule has 5 nitrogen and oxygen atoms in total. The standard InChI is InChI=1S/C20H32O5/c1-2-3-6-9-15(21)12-13-17-16(18(22)14-19(17)23)10-7-4-5-8-11-20(24)25/h4,7,16-17,19,23H,2-3,5-6,8-14H2,1H3,(H,24,25)/b7-4-/t16-,17+,19+/m0/s1. The fourth-order valence-electron chi connectivity index (χ4n) is 3.47. The molecular formula is C20H32O5. The molecule has 0 saturated heterocycles. The number of aliphatic hydroxyl groups is 1. The quantitative estimate of drug-likeness (QED) is 0.390. The van der Waals surface area contributed by atoms with Crippen LogP contribution in [0.3, 0.4) is 0 Å². The molecule has 0 bridgehead atoms. The van der Waals surface area contributed by atoms with Crippen LogP contribution in [0.15, 0.2) is 12.2 Å². The third-order valence-electron chi connectivity index (χ3n) is 4.97. The zero-order chi connectivity index (χ0) is 18.7. The predicted octanol–water partition coefficient (Wildman–Crippen LogP) is 3.68. The summed E-state index contributed by atoms with van der Waals surface area (Å²) >= 11 is 0. The van der Waals surface area contributed by atoms with Gasteiger partial charge in [0.25, 0.3) is 0 Å². The third kappa shape index (κ3) is 8.43. The van der Waals surface area contributed by atoms with Crippen LogP contribution >= 0.6 is 0 Å². The number of aliphatic carboxylic acids is 1. The minimum absolute atomic E-state index is 0.0751. The number of aliphatic hydroxyl groups excluding tert-OH is 1. The Labute approximate surface area is 150 Å². The molecule has 1 rings (SSSR count). The van der Waals surface area contributed by atoms with Gasteiger partial charge in [-0.25, -0.2) is 0 Å². The Hall–Kier alpha value is -1.49. The lowest BCUT2D eigenvalue weighted by atomic mass is 9.86. The molecule has 1 aliphatic rings. The fourth-order valence-corrected chi connectivity index (χ4v) is 3.47. The van der Waals surface area contributed by atoms with E-state index in [1.165, 1.54) is 0 Å². The van der Waals surface area contributed by atoms with Crippen molar-refractivity contribution in [2.45, 2.75) is 83.7 Å². The number of carboxylic acid groups (broad SMARTS) is 1. The van der Waals surface area contributed by atoms with Crippen molar-refractivity contribution in [2.24, 2.45) is 11.8 Å². The molecule has 0 unspecified atom stereocenters. The SMILES string of the molecule is CCCCCC(=O)CC[C@H]1[C@H](O)CC(=O)[C@H]1C/C=C\CCCC(=O)O. The summed E-state index contributed by atoms with van der Waals surface area (Å²) in [5.74, 6) is -0.847. The topological polar surface area (TPSA) is 91.7 Å². The minimum atomic E-state index is -0.800. The number of Topliss-reactive ketones (excluding diaryl/α,β-unsaturated/α-hetero) is 2. The summed E-state index contributed by atoms with van der Waals surface area (Å²) in [6.07, 6.45) is 10.0. The van der Waals surface area contributed by atoms with Gasteiger partial charge in [-0.2, -0.15) is 0 Å². The first kappa shape index (κ1) is 21.6. The summed E-state index contributed by atoms with van der Waals surface area (Å²) in [7, 11) is 0. The molecule has 0 aromatic heterocycles. The molecule has 1 aliphatic carbocycles. The van der Waals surface area contributed by atoms with Gasteiger partial charge in [0.15, 0.2) is 0 Å². The number of hydrogen-bond acceptors (Lipinski definition) is 4. The minimum Gasteiger partial charge on any atom is -0.481 e. The van der Waals surface area contributed by atoms with Crippen molar-refractivity contribution >= 4 is 17.5 Å². The van der Waals surface area contributed by atoms with Gasteiger partial charge in [0.1, 0.15) is 11.6 Å². The number of carboxylic acids is 1. The van der Waals surface area contributed by atoms with E-state index < -0.39 is 12.1 Å². The van der Waals surface area contributed by atoms with Crippen LogP contribution in [0.25, 0.3) is 0 Å². The molecule has 25 heavy (non-hydrogen) atoms. The van der Waals surface area contributed by atoms with Crippen LogP contribution in [0.4, 0.5) is 0 Å². The van der Waals surface area contributed by atoms with E-state index in [0.717, 1.165) is 19.3 Å². The van der Waals surface area contributed by atoms with E-state index in [4.69, 9.17) is 5.11 Å². The second kappa shape index (κ2) is 12.0. The lowest BCUT2D eigenvalue weighted by Gasteiger charge is -2.19. The van der Waals surface area contributed by atoms with E-state index in [1.807, 2.05) is 12.2 Å². The number of unbranched alkanes of at least 4 members (excludes halogenated alkanes) is 3. The van der Waals surface area contributed by atoms with Gasteiger partial charge in [-0.3, -0.25) is 14.4 Å². The van der Waals surface area contributed by atoms with Gasteiger partial charge in [0.2, 0.25) is 0 Å². The molecule has 0 amide bonds. The molecule has 0 aromatic carbocycles. The van der Waals surface area contributed by atoms with E-state index in [2.05, 4.69) is 6.92 Å². The number of rotatable bonds is 13. The first-order valence-corrected chi connectivity index (χ1v) is 9.55. The molecular weight excluding hydrogens is 320 g/mol. The molecule has 1 fully saturated rings. The normalized spacial score (nSPS) is 23.4. The van der Waals surface area contributed by atoms with Gasteiger partial charge < -0.3 is 10.2 Å². The molecule has 0 heterocycles. The second-order valence-corrected chi connectivity index (χ2v) is 7.04. The Morgan fingerprint density at radius 3 is 2.56 bits per heavy atom. The molecule has 0 aliphatic heterocycles. The lowest BCUT2D eigenvalue weighted by molar-refractivity contribution is -0.137. The van der Waals surface area contributed by atoms with Gasteiger partial charge in [0.05, 0.1) is 6.10 Å². The summed E-state index contributed by atoms with van der Waals surface area (Å²) in [6.45, 7) is 2.10. The first-order valence-electron chi connectivity index (χ1n) is 9.55. The molecule has 1 saturated carbocycles. The highest BCUT2D eigenvalue weighted by Gasteiger charge is 2.40. The summed E-state index contributed by atoms with van der Waals surface area (Å²) in [4.78, 5) is 34.5. The first-order chi connectivity index (χ1) is 12.0. The Bertz CT molecular complexity index is 469. The van der Waals surface area contributed by atoms with E-state index in [1.54, 1.807) is 0 Å². The van der Waals surface area contributed by atoms with E-state index in [0.29, 0.717) is 38.5 Å². The van der Waals surface area contributed by atoms with Crippen molar-refractivity contribution < 1.29 is 24.6 Å². The van der Waals surface area contributed by atoms with Crippen LogP contribution in [0.5, 0.6) is 0 Å². The van der Waals surface area contributed by atoms with Crippen LogP contribution < -0.4 is 0 Å². The van der Waals surface area contributed by atoms with Crippen molar-refractivity contribution in [3.05, 3.63) is 12.2 Å². The molecule has 0 radical (unpaired) electrons. The van der Waals surface area contributed by atoms with Gasteiger partial charge in [0, 0.05) is 31.6 Å². The molecule has 2 N–H and O–H groups in total. The molecule has 3 atom stereocenters. The number of hydrogen-bond donors (Lipinski definition) is 2. The van der Waals surface area contributed by atoms with Gasteiger partial charge in [-0.15, -0.1) is 0 Å². The summed E-state index contributed by atoms with van der Waals surface area (Å²) in [5.41, 5.74) is 0. The van der Waals surface area contributed by atoms with Gasteiger partial charge in [-0.1, -0.05) is 31.9 Å². The van der Waals surface area contributed by atoms with Gasteiger partial charge in [-0.05, 0) is 38.0 Å². The molecule has 142 valence electrons. The molecule has 0 spiro atoms. The summed E-state index contributed by atoms with van der Waals surface area (Å²) in [6, 6.07) is 0. The van der Waals surface area contributed by atoms with Crippen LogP contribution in [0.2, 0.25) is 0 Å². The largest absolute Gasteiger partial charge is 0.481 e. The molecule has 5 heteroatoms. The van der Waals surface area contributed by atoms with Crippen LogP contribution in [0, 0.1) is 11.8 Å². The zero-order valence-corrected chi connectivity index (χ0v) is 15.3. The second-order valence-electron chi connectivity index (χ2n) is 7.04. The number of carbonyl (C=O) groups excluding carboxylic acids is 2. The van der Waals surface area contributed by atoms with Crippen molar-refractivity contribution in [3.8, 4) is 0 Å². The Morgan fingerprint density at radius 2 is 1.88 bits per heavy atom. The van der Waals surface area contributed by atoms with E-state index in [9.17, 15) is 19.5 Å². The average Bonchev–Trinajstić information content (AvgIpc) is 2.82. The monoisotopic (exact) mass is 352 g/mol. The Balaban J connectivity index is 2.39. The maximum Gasteiger partial charge on any atom is 0.303 e. The number of carbonyl (C=O) groups is 3. The number of ketones is 2. The average molecular weight is 352 g/mol.